The summed E-state index contributed by atoms with van der Waals surface area (Å²) in [6, 6.07) is 16.3. The minimum atomic E-state index is 0.0667. The van der Waals surface area contributed by atoms with Gasteiger partial charge in [0.05, 0.1) is 11.7 Å². The maximum Gasteiger partial charge on any atom is 0.223 e. The van der Waals surface area contributed by atoms with Crippen LogP contribution in [-0.2, 0) is 11.2 Å². The molecule has 1 aliphatic rings. The minimum Gasteiger partial charge on any atom is -0.334 e. The number of aryl methyl sites for hydroxylation is 2. The molecule has 1 atom stereocenters. The van der Waals surface area contributed by atoms with Crippen LogP contribution in [-0.4, -0.2) is 31.9 Å². The molecule has 0 saturated carbocycles. The SMILES string of the molecule is Cc1nccn1-c1cccc([C@H]2CCCN2C(=O)CCc2ccccc2)n1. The van der Waals surface area contributed by atoms with Gasteiger partial charge in [-0.1, -0.05) is 36.4 Å². The molecule has 138 valence electrons. The van der Waals surface area contributed by atoms with Crippen molar-refractivity contribution in [2.24, 2.45) is 0 Å². The predicted octanol–water partition coefficient (Wildman–Crippen LogP) is 3.87. The first-order valence-corrected chi connectivity index (χ1v) is 9.53. The van der Waals surface area contributed by atoms with Crippen LogP contribution < -0.4 is 0 Å². The average molecular weight is 360 g/mol. The summed E-state index contributed by atoms with van der Waals surface area (Å²) in [5, 5.41) is 0. The molecule has 1 aromatic carbocycles. The van der Waals surface area contributed by atoms with E-state index in [1.807, 2.05) is 59.0 Å². The van der Waals surface area contributed by atoms with E-state index in [2.05, 4.69) is 17.1 Å². The van der Waals surface area contributed by atoms with Crippen LogP contribution in [0.5, 0.6) is 0 Å². The van der Waals surface area contributed by atoms with E-state index in [0.717, 1.165) is 43.1 Å². The zero-order valence-corrected chi connectivity index (χ0v) is 15.6. The third-order valence-electron chi connectivity index (χ3n) is 5.21. The lowest BCUT2D eigenvalue weighted by Gasteiger charge is -2.25. The van der Waals surface area contributed by atoms with Crippen molar-refractivity contribution in [1.82, 2.24) is 19.4 Å². The summed E-state index contributed by atoms with van der Waals surface area (Å²) in [6.07, 6.45) is 7.01. The normalized spacial score (nSPS) is 16.6. The molecule has 3 aromatic rings. The minimum absolute atomic E-state index is 0.0667. The largest absolute Gasteiger partial charge is 0.334 e. The lowest BCUT2D eigenvalue weighted by atomic mass is 10.1. The van der Waals surface area contributed by atoms with Crippen LogP contribution in [0.25, 0.3) is 5.82 Å². The lowest BCUT2D eigenvalue weighted by molar-refractivity contribution is -0.132. The van der Waals surface area contributed by atoms with Crippen LogP contribution in [0.3, 0.4) is 0 Å². The number of pyridine rings is 1. The Balaban J connectivity index is 1.50. The molecule has 1 amide bonds. The van der Waals surface area contributed by atoms with Gasteiger partial charge in [0.25, 0.3) is 0 Å². The molecule has 0 unspecified atom stereocenters. The molecule has 5 heteroatoms. The fourth-order valence-corrected chi connectivity index (χ4v) is 3.79. The standard InChI is InChI=1S/C22H24N4O/c1-17-23-14-16-25(17)21-11-5-9-19(24-21)20-10-6-15-26(20)22(27)13-12-18-7-3-2-4-8-18/h2-5,7-9,11,14,16,20H,6,10,12-13,15H2,1H3/t20-/m1/s1. The van der Waals surface area contributed by atoms with E-state index in [0.29, 0.717) is 6.42 Å². The smallest absolute Gasteiger partial charge is 0.223 e. The topological polar surface area (TPSA) is 51.0 Å². The van der Waals surface area contributed by atoms with Crippen molar-refractivity contribution in [2.45, 2.75) is 38.6 Å². The molecule has 0 radical (unpaired) electrons. The third kappa shape index (κ3) is 3.77. The van der Waals surface area contributed by atoms with Crippen LogP contribution in [0, 0.1) is 6.92 Å². The number of amides is 1. The highest BCUT2D eigenvalue weighted by Crippen LogP contribution is 2.32. The first-order chi connectivity index (χ1) is 13.2. The molecule has 0 aliphatic carbocycles. The number of likely N-dealkylation sites (tertiary alicyclic amines) is 1. The molecule has 27 heavy (non-hydrogen) atoms. The first-order valence-electron chi connectivity index (χ1n) is 9.53. The third-order valence-corrected chi connectivity index (χ3v) is 5.21. The Morgan fingerprint density at radius 1 is 1.15 bits per heavy atom. The van der Waals surface area contributed by atoms with E-state index < -0.39 is 0 Å². The Hall–Kier alpha value is -2.95. The number of imidazole rings is 1. The monoisotopic (exact) mass is 360 g/mol. The van der Waals surface area contributed by atoms with E-state index in [4.69, 9.17) is 4.98 Å². The van der Waals surface area contributed by atoms with Crippen molar-refractivity contribution in [1.29, 1.82) is 0 Å². The summed E-state index contributed by atoms with van der Waals surface area (Å²) >= 11 is 0. The summed E-state index contributed by atoms with van der Waals surface area (Å²) in [7, 11) is 0. The molecule has 0 spiro atoms. The number of hydrogen-bond donors (Lipinski definition) is 0. The summed E-state index contributed by atoms with van der Waals surface area (Å²) < 4.78 is 1.97. The van der Waals surface area contributed by atoms with Crippen molar-refractivity contribution in [3.05, 3.63) is 78.0 Å². The first kappa shape index (κ1) is 17.5. The van der Waals surface area contributed by atoms with E-state index in [1.165, 1.54) is 5.56 Å². The van der Waals surface area contributed by atoms with Gasteiger partial charge >= 0.3 is 0 Å². The highest BCUT2D eigenvalue weighted by molar-refractivity contribution is 5.77. The Labute approximate surface area is 159 Å². The van der Waals surface area contributed by atoms with Crippen molar-refractivity contribution >= 4 is 5.91 Å². The van der Waals surface area contributed by atoms with E-state index >= 15 is 0 Å². The van der Waals surface area contributed by atoms with Crippen molar-refractivity contribution in [3.8, 4) is 5.82 Å². The second kappa shape index (κ2) is 7.74. The van der Waals surface area contributed by atoms with Gasteiger partial charge in [0, 0.05) is 25.4 Å². The maximum absolute atomic E-state index is 12.9. The summed E-state index contributed by atoms with van der Waals surface area (Å²) in [4.78, 5) is 24.0. The molecule has 0 N–H and O–H groups in total. The van der Waals surface area contributed by atoms with E-state index in [9.17, 15) is 4.79 Å². The molecular formula is C22H24N4O. The van der Waals surface area contributed by atoms with Gasteiger partial charge in [-0.05, 0) is 43.9 Å². The highest BCUT2D eigenvalue weighted by Gasteiger charge is 2.30. The van der Waals surface area contributed by atoms with Gasteiger partial charge in [-0.3, -0.25) is 9.36 Å². The maximum atomic E-state index is 12.9. The van der Waals surface area contributed by atoms with Gasteiger partial charge in [-0.2, -0.15) is 0 Å². The molecule has 3 heterocycles. The van der Waals surface area contributed by atoms with Crippen molar-refractivity contribution in [3.63, 3.8) is 0 Å². The van der Waals surface area contributed by atoms with Crippen LogP contribution in [0.4, 0.5) is 0 Å². The molecule has 2 aromatic heterocycles. The second-order valence-electron chi connectivity index (χ2n) is 7.00. The molecule has 0 bridgehead atoms. The molecule has 1 saturated heterocycles. The Kier molecular flexibility index (Phi) is 5.01. The van der Waals surface area contributed by atoms with Crippen LogP contribution in [0.2, 0.25) is 0 Å². The fourth-order valence-electron chi connectivity index (χ4n) is 3.79. The molecule has 4 rings (SSSR count). The Morgan fingerprint density at radius 2 is 2.00 bits per heavy atom. The Bertz CT molecular complexity index is 919. The molecule has 1 aliphatic heterocycles. The number of nitrogens with zero attached hydrogens (tertiary/aromatic N) is 4. The van der Waals surface area contributed by atoms with Gasteiger partial charge in [0.1, 0.15) is 11.6 Å². The number of aromatic nitrogens is 3. The van der Waals surface area contributed by atoms with E-state index in [-0.39, 0.29) is 11.9 Å². The quantitative estimate of drug-likeness (QED) is 0.694. The van der Waals surface area contributed by atoms with Gasteiger partial charge in [0.2, 0.25) is 5.91 Å². The lowest BCUT2D eigenvalue weighted by Crippen LogP contribution is -2.31. The van der Waals surface area contributed by atoms with Gasteiger partial charge in [-0.15, -0.1) is 0 Å². The van der Waals surface area contributed by atoms with Gasteiger partial charge in [0.15, 0.2) is 0 Å². The number of hydrogen-bond acceptors (Lipinski definition) is 3. The van der Waals surface area contributed by atoms with Crippen molar-refractivity contribution < 1.29 is 4.79 Å². The zero-order valence-electron chi connectivity index (χ0n) is 15.6. The Morgan fingerprint density at radius 3 is 2.78 bits per heavy atom. The van der Waals surface area contributed by atoms with Gasteiger partial charge < -0.3 is 4.90 Å². The van der Waals surface area contributed by atoms with E-state index in [1.54, 1.807) is 6.20 Å². The molecule has 1 fully saturated rings. The number of benzene rings is 1. The summed E-state index contributed by atoms with van der Waals surface area (Å²) in [6.45, 7) is 2.78. The van der Waals surface area contributed by atoms with Crippen LogP contribution in [0.1, 0.15) is 42.4 Å². The summed E-state index contributed by atoms with van der Waals surface area (Å²) in [5.41, 5.74) is 2.17. The number of rotatable bonds is 5. The molecule has 5 nitrogen and oxygen atoms in total. The average Bonchev–Trinajstić information content (AvgIpc) is 3.36. The van der Waals surface area contributed by atoms with Gasteiger partial charge in [-0.25, -0.2) is 9.97 Å². The predicted molar refractivity (Wildman–Crippen MR) is 105 cm³/mol. The second-order valence-corrected chi connectivity index (χ2v) is 7.00. The number of carbonyl (C=O) groups is 1. The highest BCUT2D eigenvalue weighted by atomic mass is 16.2. The van der Waals surface area contributed by atoms with Crippen LogP contribution in [0.15, 0.2) is 60.9 Å². The summed E-state index contributed by atoms with van der Waals surface area (Å²) in [5.74, 6) is 1.97. The van der Waals surface area contributed by atoms with Crippen molar-refractivity contribution in [2.75, 3.05) is 6.54 Å². The zero-order chi connectivity index (χ0) is 18.6. The van der Waals surface area contributed by atoms with Crippen LogP contribution >= 0.6 is 0 Å². The molecular weight excluding hydrogens is 336 g/mol. The fraction of sp³-hybridized carbons (Fsp3) is 0.318. The number of carbonyl (C=O) groups excluding carboxylic acids is 1.